The summed E-state index contributed by atoms with van der Waals surface area (Å²) in [7, 11) is 0. The monoisotopic (exact) mass is 352 g/mol. The lowest BCUT2D eigenvalue weighted by atomic mass is 10.0. The van der Waals surface area contributed by atoms with Gasteiger partial charge in [0.05, 0.1) is 11.7 Å². The Labute approximate surface area is 133 Å². The second-order valence-corrected chi connectivity index (χ2v) is 6.13. The summed E-state index contributed by atoms with van der Waals surface area (Å²) in [6.45, 7) is 5.04. The van der Waals surface area contributed by atoms with E-state index in [1.165, 1.54) is 5.56 Å². The number of hydrogen-bond donors (Lipinski definition) is 1. The standard InChI is InChI=1S/C16H18BrClN2/c1-3-19-16(15-7-6-13(17)10-20-15)9-12-5-4-11(2)8-14(12)18/h4-8,10,16,19H,3,9H2,1-2H3. The molecule has 2 aromatic rings. The molecule has 0 amide bonds. The lowest BCUT2D eigenvalue weighted by Gasteiger charge is -2.18. The van der Waals surface area contributed by atoms with Crippen molar-refractivity contribution < 1.29 is 0 Å². The Morgan fingerprint density at radius 2 is 2.10 bits per heavy atom. The van der Waals surface area contributed by atoms with E-state index in [4.69, 9.17) is 11.6 Å². The molecule has 1 unspecified atom stereocenters. The van der Waals surface area contributed by atoms with E-state index in [9.17, 15) is 0 Å². The van der Waals surface area contributed by atoms with Crippen molar-refractivity contribution in [2.45, 2.75) is 26.3 Å². The fraction of sp³-hybridized carbons (Fsp3) is 0.312. The largest absolute Gasteiger partial charge is 0.309 e. The first-order valence-corrected chi connectivity index (χ1v) is 7.87. The molecule has 2 rings (SSSR count). The van der Waals surface area contributed by atoms with Crippen LogP contribution in [-0.2, 0) is 6.42 Å². The third kappa shape index (κ3) is 4.05. The third-order valence-electron chi connectivity index (χ3n) is 3.19. The maximum atomic E-state index is 6.33. The van der Waals surface area contributed by atoms with Crippen molar-refractivity contribution in [1.82, 2.24) is 10.3 Å². The molecule has 1 aromatic heterocycles. The lowest BCUT2D eigenvalue weighted by Crippen LogP contribution is -2.24. The zero-order chi connectivity index (χ0) is 14.5. The number of rotatable bonds is 5. The highest BCUT2D eigenvalue weighted by Gasteiger charge is 2.14. The summed E-state index contributed by atoms with van der Waals surface area (Å²) in [5, 5.41) is 4.30. The lowest BCUT2D eigenvalue weighted by molar-refractivity contribution is 0.536. The molecule has 0 saturated carbocycles. The van der Waals surface area contributed by atoms with Gasteiger partial charge in [0.15, 0.2) is 0 Å². The van der Waals surface area contributed by atoms with Gasteiger partial charge in [0.25, 0.3) is 0 Å². The van der Waals surface area contributed by atoms with Gasteiger partial charge in [-0.25, -0.2) is 0 Å². The molecule has 0 aliphatic carbocycles. The van der Waals surface area contributed by atoms with E-state index in [0.29, 0.717) is 0 Å². The van der Waals surface area contributed by atoms with Gasteiger partial charge in [-0.3, -0.25) is 4.98 Å². The van der Waals surface area contributed by atoms with E-state index in [2.05, 4.69) is 45.3 Å². The number of aryl methyl sites for hydroxylation is 1. The van der Waals surface area contributed by atoms with Crippen molar-refractivity contribution in [3.63, 3.8) is 0 Å². The molecule has 20 heavy (non-hydrogen) atoms. The zero-order valence-electron chi connectivity index (χ0n) is 11.7. The van der Waals surface area contributed by atoms with Gasteiger partial charge in [0.2, 0.25) is 0 Å². The maximum absolute atomic E-state index is 6.33. The number of aromatic nitrogens is 1. The fourth-order valence-electron chi connectivity index (χ4n) is 2.16. The number of pyridine rings is 1. The molecule has 106 valence electrons. The van der Waals surface area contributed by atoms with Crippen LogP contribution in [0.25, 0.3) is 0 Å². The second kappa shape index (κ2) is 7.21. The highest BCUT2D eigenvalue weighted by atomic mass is 79.9. The number of nitrogens with one attached hydrogen (secondary N) is 1. The molecule has 0 bridgehead atoms. The smallest absolute Gasteiger partial charge is 0.0577 e. The number of likely N-dealkylation sites (N-methyl/N-ethyl adjacent to an activating group) is 1. The summed E-state index contributed by atoms with van der Waals surface area (Å²) in [6, 6.07) is 10.4. The number of halogens is 2. The van der Waals surface area contributed by atoms with Crippen molar-refractivity contribution in [2.24, 2.45) is 0 Å². The molecule has 4 heteroatoms. The van der Waals surface area contributed by atoms with Crippen LogP contribution in [-0.4, -0.2) is 11.5 Å². The quantitative estimate of drug-likeness (QED) is 0.843. The summed E-state index contributed by atoms with van der Waals surface area (Å²) < 4.78 is 0.991. The van der Waals surface area contributed by atoms with Gasteiger partial charge in [-0.2, -0.15) is 0 Å². The first-order valence-electron chi connectivity index (χ1n) is 6.70. The minimum atomic E-state index is 0.174. The number of nitrogens with zero attached hydrogens (tertiary/aromatic N) is 1. The van der Waals surface area contributed by atoms with Crippen LogP contribution in [0.3, 0.4) is 0 Å². The predicted octanol–water partition coefficient (Wildman–Crippen LogP) is 4.70. The summed E-state index contributed by atoms with van der Waals surface area (Å²) in [5.74, 6) is 0. The molecule has 0 aliphatic rings. The van der Waals surface area contributed by atoms with Crippen LogP contribution in [0.1, 0.15) is 29.8 Å². The average molecular weight is 354 g/mol. The first kappa shape index (κ1) is 15.5. The Bertz CT molecular complexity index is 569. The Morgan fingerprint density at radius 1 is 1.30 bits per heavy atom. The highest BCUT2D eigenvalue weighted by Crippen LogP contribution is 2.24. The van der Waals surface area contributed by atoms with Crippen molar-refractivity contribution in [3.05, 3.63) is 62.8 Å². The van der Waals surface area contributed by atoms with Gasteiger partial charge in [-0.05, 0) is 65.1 Å². The first-order chi connectivity index (χ1) is 9.60. The van der Waals surface area contributed by atoms with Gasteiger partial charge in [-0.1, -0.05) is 30.7 Å². The van der Waals surface area contributed by atoms with E-state index < -0.39 is 0 Å². The van der Waals surface area contributed by atoms with Crippen molar-refractivity contribution in [2.75, 3.05) is 6.54 Å². The van der Waals surface area contributed by atoms with E-state index >= 15 is 0 Å². The van der Waals surface area contributed by atoms with Gasteiger partial charge in [-0.15, -0.1) is 0 Å². The van der Waals surface area contributed by atoms with Crippen molar-refractivity contribution in [3.8, 4) is 0 Å². The molecular formula is C16H18BrClN2. The average Bonchev–Trinajstić information content (AvgIpc) is 2.42. The van der Waals surface area contributed by atoms with E-state index in [0.717, 1.165) is 33.7 Å². The maximum Gasteiger partial charge on any atom is 0.0577 e. The normalized spacial score (nSPS) is 12.4. The summed E-state index contributed by atoms with van der Waals surface area (Å²) in [4.78, 5) is 4.49. The minimum Gasteiger partial charge on any atom is -0.309 e. The molecule has 1 atom stereocenters. The number of benzene rings is 1. The topological polar surface area (TPSA) is 24.9 Å². The third-order valence-corrected chi connectivity index (χ3v) is 4.01. The fourth-order valence-corrected chi connectivity index (χ4v) is 2.71. The van der Waals surface area contributed by atoms with Crippen molar-refractivity contribution in [1.29, 1.82) is 0 Å². The Morgan fingerprint density at radius 3 is 2.70 bits per heavy atom. The summed E-state index contributed by atoms with van der Waals surface area (Å²) in [5.41, 5.74) is 3.36. The van der Waals surface area contributed by atoms with Crippen LogP contribution in [0.5, 0.6) is 0 Å². The van der Waals surface area contributed by atoms with Crippen LogP contribution >= 0.6 is 27.5 Å². The molecular weight excluding hydrogens is 336 g/mol. The molecule has 0 aliphatic heterocycles. The highest BCUT2D eigenvalue weighted by molar-refractivity contribution is 9.10. The Kier molecular flexibility index (Phi) is 5.58. The van der Waals surface area contributed by atoms with Crippen LogP contribution in [0, 0.1) is 6.92 Å². The Hall–Kier alpha value is -0.900. The predicted molar refractivity (Wildman–Crippen MR) is 88.2 cm³/mol. The van der Waals surface area contributed by atoms with Gasteiger partial charge in [0.1, 0.15) is 0 Å². The molecule has 0 radical (unpaired) electrons. The van der Waals surface area contributed by atoms with Crippen LogP contribution in [0.2, 0.25) is 5.02 Å². The molecule has 2 nitrogen and oxygen atoms in total. The minimum absolute atomic E-state index is 0.174. The zero-order valence-corrected chi connectivity index (χ0v) is 14.0. The molecule has 1 aromatic carbocycles. The van der Waals surface area contributed by atoms with Crippen molar-refractivity contribution >= 4 is 27.5 Å². The van der Waals surface area contributed by atoms with Crippen LogP contribution in [0.4, 0.5) is 0 Å². The van der Waals surface area contributed by atoms with E-state index in [1.54, 1.807) is 0 Å². The van der Waals surface area contributed by atoms with Crippen LogP contribution in [0.15, 0.2) is 41.0 Å². The molecule has 1 heterocycles. The van der Waals surface area contributed by atoms with Gasteiger partial charge in [0, 0.05) is 15.7 Å². The molecule has 0 fully saturated rings. The van der Waals surface area contributed by atoms with E-state index in [-0.39, 0.29) is 6.04 Å². The second-order valence-electron chi connectivity index (χ2n) is 4.81. The van der Waals surface area contributed by atoms with Gasteiger partial charge >= 0.3 is 0 Å². The Balaban J connectivity index is 2.22. The molecule has 0 saturated heterocycles. The summed E-state index contributed by atoms with van der Waals surface area (Å²) in [6.07, 6.45) is 2.66. The summed E-state index contributed by atoms with van der Waals surface area (Å²) >= 11 is 9.75. The number of hydrogen-bond acceptors (Lipinski definition) is 2. The molecule has 0 spiro atoms. The van der Waals surface area contributed by atoms with E-state index in [1.807, 2.05) is 31.3 Å². The SMILES string of the molecule is CCNC(Cc1ccc(C)cc1Cl)c1ccc(Br)cn1. The van der Waals surface area contributed by atoms with Gasteiger partial charge < -0.3 is 5.32 Å². The molecule has 1 N–H and O–H groups in total. The van der Waals surface area contributed by atoms with Crippen LogP contribution < -0.4 is 5.32 Å².